The molecular weight excluding hydrogens is 386 g/mol. The van der Waals surface area contributed by atoms with Crippen molar-refractivity contribution in [3.05, 3.63) is 52.7 Å². The molecule has 1 aromatic heterocycles. The Kier molecular flexibility index (Phi) is 5.80. The van der Waals surface area contributed by atoms with Crippen LogP contribution in [0.1, 0.15) is 28.8 Å². The van der Waals surface area contributed by atoms with Gasteiger partial charge in [-0.05, 0) is 76.2 Å². The van der Waals surface area contributed by atoms with E-state index in [0.717, 1.165) is 54.9 Å². The van der Waals surface area contributed by atoms with Gasteiger partial charge in [-0.25, -0.2) is 0 Å². The van der Waals surface area contributed by atoms with Crippen molar-refractivity contribution in [1.29, 1.82) is 0 Å². The molecule has 0 saturated carbocycles. The Morgan fingerprint density at radius 3 is 2.45 bits per heavy atom. The molecule has 0 unspecified atom stereocenters. The lowest BCUT2D eigenvalue weighted by Crippen LogP contribution is -2.35. The Hall–Kier alpha value is -2.79. The summed E-state index contributed by atoms with van der Waals surface area (Å²) in [5.74, 6) is -0.783. The fourth-order valence-corrected chi connectivity index (χ4v) is 5.02. The van der Waals surface area contributed by atoms with E-state index in [-0.39, 0.29) is 6.42 Å². The third-order valence-corrected chi connectivity index (χ3v) is 6.52. The summed E-state index contributed by atoms with van der Waals surface area (Å²) in [7, 11) is 4.21. The largest absolute Gasteiger partial charge is 0.481 e. The van der Waals surface area contributed by atoms with Crippen LogP contribution in [0, 0.1) is 20.8 Å². The van der Waals surface area contributed by atoms with E-state index in [1.165, 1.54) is 27.8 Å². The maximum Gasteiger partial charge on any atom is 0.307 e. The Morgan fingerprint density at radius 1 is 1.10 bits per heavy atom. The molecule has 1 aliphatic rings. The average molecular weight is 420 g/mol. The van der Waals surface area contributed by atoms with Gasteiger partial charge >= 0.3 is 5.97 Å². The molecular formula is C26H33N3O2. The van der Waals surface area contributed by atoms with Gasteiger partial charge in [-0.15, -0.1) is 0 Å². The molecule has 0 bridgehead atoms. The van der Waals surface area contributed by atoms with Crippen molar-refractivity contribution in [2.24, 2.45) is 0 Å². The van der Waals surface area contributed by atoms with E-state index in [2.05, 4.69) is 79.6 Å². The van der Waals surface area contributed by atoms with Crippen LogP contribution in [0.15, 0.2) is 30.3 Å². The Morgan fingerprint density at radius 2 is 1.81 bits per heavy atom. The van der Waals surface area contributed by atoms with Crippen LogP contribution in [-0.2, 0) is 17.8 Å². The summed E-state index contributed by atoms with van der Waals surface area (Å²) in [6.45, 7) is 10.3. The number of benzene rings is 2. The van der Waals surface area contributed by atoms with E-state index < -0.39 is 5.97 Å². The molecule has 0 fully saturated rings. The second-order valence-corrected chi connectivity index (χ2v) is 9.11. The minimum atomic E-state index is -0.783. The summed E-state index contributed by atoms with van der Waals surface area (Å²) in [6.07, 6.45) is 1.12. The van der Waals surface area contributed by atoms with Crippen LogP contribution in [0.3, 0.4) is 0 Å². The number of carboxylic acids is 1. The van der Waals surface area contributed by atoms with Crippen molar-refractivity contribution in [2.75, 3.05) is 38.6 Å². The molecule has 0 saturated heterocycles. The maximum absolute atomic E-state index is 11.9. The highest BCUT2D eigenvalue weighted by Crippen LogP contribution is 2.44. The number of nitrogens with zero attached hydrogens (tertiary/aromatic N) is 3. The van der Waals surface area contributed by atoms with Gasteiger partial charge in [0.1, 0.15) is 0 Å². The van der Waals surface area contributed by atoms with Crippen molar-refractivity contribution in [1.82, 2.24) is 9.47 Å². The van der Waals surface area contributed by atoms with Gasteiger partial charge in [0.05, 0.1) is 17.6 Å². The molecule has 0 atom stereocenters. The van der Waals surface area contributed by atoms with Crippen LogP contribution in [0.25, 0.3) is 22.0 Å². The number of carboxylic acid groups (broad SMARTS) is 1. The van der Waals surface area contributed by atoms with Gasteiger partial charge in [-0.2, -0.15) is 0 Å². The molecule has 0 amide bonds. The zero-order chi connectivity index (χ0) is 22.3. The summed E-state index contributed by atoms with van der Waals surface area (Å²) in [6, 6.07) is 10.7. The Balaban J connectivity index is 1.96. The van der Waals surface area contributed by atoms with Crippen LogP contribution >= 0.6 is 0 Å². The van der Waals surface area contributed by atoms with Crippen molar-refractivity contribution in [3.8, 4) is 11.1 Å². The minimum Gasteiger partial charge on any atom is -0.481 e. The molecule has 1 aliphatic heterocycles. The lowest BCUT2D eigenvalue weighted by Gasteiger charge is -2.34. The molecule has 3 aromatic rings. The van der Waals surface area contributed by atoms with E-state index >= 15 is 0 Å². The topological polar surface area (TPSA) is 48.7 Å². The number of hydrogen-bond donors (Lipinski definition) is 1. The first-order chi connectivity index (χ1) is 14.8. The molecule has 2 aromatic carbocycles. The summed E-state index contributed by atoms with van der Waals surface area (Å²) in [5.41, 5.74) is 9.15. The summed E-state index contributed by atoms with van der Waals surface area (Å²) in [5, 5.41) is 10.9. The van der Waals surface area contributed by atoms with Crippen molar-refractivity contribution in [3.63, 3.8) is 0 Å². The third kappa shape index (κ3) is 3.94. The van der Waals surface area contributed by atoms with E-state index in [0.29, 0.717) is 0 Å². The lowest BCUT2D eigenvalue weighted by atomic mass is 9.88. The average Bonchev–Trinajstić information content (AvgIpc) is 3.03. The van der Waals surface area contributed by atoms with Crippen LogP contribution in [0.2, 0.25) is 0 Å². The summed E-state index contributed by atoms with van der Waals surface area (Å²) in [4.78, 5) is 16.6. The molecule has 5 heteroatoms. The standard InChI is InChI=1S/C26H33N3O2/c1-17-7-9-20(10-8-17)24-21(16-23(30)31)19(3)25-26-22(24)15-18(2)29(26)14-13-28(25)12-6-11-27(4)5/h7-10,15H,6,11-14,16H2,1-5H3,(H,30,31). The summed E-state index contributed by atoms with van der Waals surface area (Å²) >= 11 is 0. The van der Waals surface area contributed by atoms with E-state index in [9.17, 15) is 9.90 Å². The zero-order valence-corrected chi connectivity index (χ0v) is 19.3. The lowest BCUT2D eigenvalue weighted by molar-refractivity contribution is -0.136. The number of hydrogen-bond acceptors (Lipinski definition) is 3. The van der Waals surface area contributed by atoms with Gasteiger partial charge in [0.15, 0.2) is 0 Å². The van der Waals surface area contributed by atoms with Crippen molar-refractivity contribution >= 4 is 22.6 Å². The number of aliphatic carboxylic acids is 1. The third-order valence-electron chi connectivity index (χ3n) is 6.52. The smallest absolute Gasteiger partial charge is 0.307 e. The first-order valence-electron chi connectivity index (χ1n) is 11.1. The van der Waals surface area contributed by atoms with Gasteiger partial charge in [-0.1, -0.05) is 29.8 Å². The second kappa shape index (κ2) is 8.39. The van der Waals surface area contributed by atoms with Gasteiger partial charge in [0.2, 0.25) is 0 Å². The number of aryl methyl sites for hydroxylation is 2. The van der Waals surface area contributed by atoms with E-state index in [1.54, 1.807) is 0 Å². The Labute approximate surface area is 184 Å². The van der Waals surface area contributed by atoms with Gasteiger partial charge < -0.3 is 19.5 Å². The first kappa shape index (κ1) is 21.4. The fourth-order valence-electron chi connectivity index (χ4n) is 5.02. The van der Waals surface area contributed by atoms with Crippen LogP contribution < -0.4 is 4.90 Å². The minimum absolute atomic E-state index is 0.0355. The first-order valence-corrected chi connectivity index (χ1v) is 11.1. The molecule has 0 spiro atoms. The van der Waals surface area contributed by atoms with E-state index in [4.69, 9.17) is 0 Å². The molecule has 4 rings (SSSR count). The SMILES string of the molecule is Cc1ccc(-c2c(CC(=O)O)c(C)c3c4c2cc(C)n4CCN3CCCN(C)C)cc1. The summed E-state index contributed by atoms with van der Waals surface area (Å²) < 4.78 is 2.42. The molecule has 0 aliphatic carbocycles. The highest BCUT2D eigenvalue weighted by atomic mass is 16.4. The second-order valence-electron chi connectivity index (χ2n) is 9.11. The normalized spacial score (nSPS) is 13.4. The molecule has 2 heterocycles. The number of carbonyl (C=O) groups is 1. The highest BCUT2D eigenvalue weighted by molar-refractivity contribution is 6.07. The predicted octanol–water partition coefficient (Wildman–Crippen LogP) is 4.63. The molecule has 164 valence electrons. The predicted molar refractivity (Wildman–Crippen MR) is 128 cm³/mol. The van der Waals surface area contributed by atoms with Gasteiger partial charge in [0.25, 0.3) is 0 Å². The van der Waals surface area contributed by atoms with Crippen molar-refractivity contribution < 1.29 is 9.90 Å². The fraction of sp³-hybridized carbons (Fsp3) is 0.423. The molecule has 5 nitrogen and oxygen atoms in total. The van der Waals surface area contributed by atoms with Gasteiger partial charge in [0, 0.05) is 30.7 Å². The van der Waals surface area contributed by atoms with Crippen LogP contribution in [-0.4, -0.2) is 54.3 Å². The number of anilines is 1. The quantitative estimate of drug-likeness (QED) is 0.606. The van der Waals surface area contributed by atoms with Crippen LogP contribution in [0.5, 0.6) is 0 Å². The maximum atomic E-state index is 11.9. The molecule has 31 heavy (non-hydrogen) atoms. The molecule has 1 N–H and O–H groups in total. The van der Waals surface area contributed by atoms with Gasteiger partial charge in [-0.3, -0.25) is 4.79 Å². The monoisotopic (exact) mass is 419 g/mol. The number of aromatic nitrogens is 1. The number of rotatable bonds is 7. The van der Waals surface area contributed by atoms with E-state index in [1.807, 2.05) is 0 Å². The van der Waals surface area contributed by atoms with Crippen LogP contribution in [0.4, 0.5) is 5.69 Å². The highest BCUT2D eigenvalue weighted by Gasteiger charge is 2.28. The Bertz CT molecular complexity index is 1130. The zero-order valence-electron chi connectivity index (χ0n) is 19.3. The molecule has 0 radical (unpaired) electrons. The van der Waals surface area contributed by atoms with Crippen molar-refractivity contribution in [2.45, 2.75) is 40.2 Å².